The lowest BCUT2D eigenvalue weighted by Crippen LogP contribution is -2.39. The molecule has 0 spiro atoms. The van der Waals surface area contributed by atoms with E-state index in [0.717, 1.165) is 26.2 Å². The summed E-state index contributed by atoms with van der Waals surface area (Å²) >= 11 is 0. The van der Waals surface area contributed by atoms with Crippen LogP contribution in [0.15, 0.2) is 30.6 Å². The normalized spacial score (nSPS) is 13.4. The van der Waals surface area contributed by atoms with E-state index in [0.29, 0.717) is 6.42 Å². The maximum absolute atomic E-state index is 10.4. The zero-order valence-electron chi connectivity index (χ0n) is 12.8. The Morgan fingerprint density at radius 3 is 1.75 bits per heavy atom. The minimum atomic E-state index is -0.125. The molecule has 0 saturated carbocycles. The van der Waals surface area contributed by atoms with E-state index >= 15 is 0 Å². The molecule has 0 atom stereocenters. The van der Waals surface area contributed by atoms with Crippen molar-refractivity contribution in [2.24, 2.45) is 0 Å². The van der Waals surface area contributed by atoms with Gasteiger partial charge >= 0.3 is 5.97 Å². The van der Waals surface area contributed by atoms with Gasteiger partial charge in [-0.25, -0.2) is 0 Å². The van der Waals surface area contributed by atoms with Crippen molar-refractivity contribution in [2.45, 2.75) is 33.3 Å². The Balaban J connectivity index is 0.000000274. The molecule has 20 heavy (non-hydrogen) atoms. The number of piperazine rings is 1. The zero-order chi connectivity index (χ0) is 15.1. The van der Waals surface area contributed by atoms with Crippen LogP contribution in [0.1, 0.15) is 27.2 Å². The summed E-state index contributed by atoms with van der Waals surface area (Å²) in [7, 11) is 0. The van der Waals surface area contributed by atoms with Crippen LogP contribution < -0.4 is 10.6 Å². The van der Waals surface area contributed by atoms with E-state index in [4.69, 9.17) is 4.74 Å². The first-order chi connectivity index (χ1) is 9.66. The molecule has 1 saturated heterocycles. The molecule has 0 unspecified atom stereocenters. The SMILES string of the molecule is C1CNCCN1.CCC(=O)OC(C)C.c1ccncc1. The number of carbonyl (C=O) groups is 1. The standard InChI is InChI=1S/C6H12O2.C5H5N.C4H10N2/c1-4-6(7)8-5(2)3;1-2-4-6-5-3-1;1-2-6-4-3-5-1/h5H,4H2,1-3H3;1-5H;5-6H,1-4H2. The van der Waals surface area contributed by atoms with Gasteiger partial charge in [-0.1, -0.05) is 13.0 Å². The first-order valence-corrected chi connectivity index (χ1v) is 7.12. The number of aromatic nitrogens is 1. The van der Waals surface area contributed by atoms with Crippen molar-refractivity contribution in [3.05, 3.63) is 30.6 Å². The molecule has 0 aromatic carbocycles. The molecule has 5 heteroatoms. The minimum Gasteiger partial charge on any atom is -0.463 e. The van der Waals surface area contributed by atoms with Gasteiger partial charge in [0.1, 0.15) is 0 Å². The van der Waals surface area contributed by atoms with Crippen molar-refractivity contribution in [1.29, 1.82) is 0 Å². The van der Waals surface area contributed by atoms with Gasteiger partial charge in [0, 0.05) is 45.0 Å². The van der Waals surface area contributed by atoms with Crippen LogP contribution in [0.25, 0.3) is 0 Å². The lowest BCUT2D eigenvalue weighted by molar-refractivity contribution is -0.146. The lowest BCUT2D eigenvalue weighted by atomic mass is 10.4. The fraction of sp³-hybridized carbons (Fsp3) is 0.600. The number of carbonyl (C=O) groups excluding carboxylic acids is 1. The quantitative estimate of drug-likeness (QED) is 0.806. The van der Waals surface area contributed by atoms with Crippen LogP contribution in [-0.2, 0) is 9.53 Å². The van der Waals surface area contributed by atoms with Gasteiger partial charge in [-0.2, -0.15) is 0 Å². The van der Waals surface area contributed by atoms with Gasteiger partial charge in [-0.05, 0) is 26.0 Å². The highest BCUT2D eigenvalue weighted by atomic mass is 16.5. The van der Waals surface area contributed by atoms with Crippen LogP contribution in [0, 0.1) is 0 Å². The molecule has 2 rings (SSSR count). The molecule has 0 amide bonds. The second-order valence-corrected chi connectivity index (χ2v) is 4.42. The van der Waals surface area contributed by atoms with E-state index in [2.05, 4.69) is 15.6 Å². The number of ether oxygens (including phenoxy) is 1. The molecule has 0 radical (unpaired) electrons. The topological polar surface area (TPSA) is 63.2 Å². The number of nitrogens with one attached hydrogen (secondary N) is 2. The van der Waals surface area contributed by atoms with Crippen molar-refractivity contribution in [3.8, 4) is 0 Å². The highest BCUT2D eigenvalue weighted by Gasteiger charge is 1.98. The second-order valence-electron chi connectivity index (χ2n) is 4.42. The summed E-state index contributed by atoms with van der Waals surface area (Å²) in [5, 5.41) is 6.44. The highest BCUT2D eigenvalue weighted by Crippen LogP contribution is 1.90. The summed E-state index contributed by atoms with van der Waals surface area (Å²) in [4.78, 5) is 14.2. The maximum atomic E-state index is 10.4. The molecule has 0 aliphatic carbocycles. The average molecular weight is 281 g/mol. The summed E-state index contributed by atoms with van der Waals surface area (Å²) in [5.74, 6) is -0.125. The van der Waals surface area contributed by atoms with Gasteiger partial charge in [0.25, 0.3) is 0 Å². The van der Waals surface area contributed by atoms with Crippen LogP contribution in [0.2, 0.25) is 0 Å². The predicted molar refractivity (Wildman–Crippen MR) is 81.5 cm³/mol. The predicted octanol–water partition coefficient (Wildman–Crippen LogP) is 1.61. The Bertz CT molecular complexity index is 276. The second kappa shape index (κ2) is 14.0. The van der Waals surface area contributed by atoms with E-state index in [1.54, 1.807) is 19.3 Å². The summed E-state index contributed by atoms with van der Waals surface area (Å²) in [6, 6.07) is 5.72. The van der Waals surface area contributed by atoms with Gasteiger partial charge < -0.3 is 15.4 Å². The number of rotatable bonds is 2. The molecule has 1 aromatic rings. The number of hydrogen-bond acceptors (Lipinski definition) is 5. The molecule has 0 bridgehead atoms. The fourth-order valence-electron chi connectivity index (χ4n) is 1.26. The maximum Gasteiger partial charge on any atom is 0.305 e. The molecular formula is C15H27N3O2. The van der Waals surface area contributed by atoms with Gasteiger partial charge in [-0.3, -0.25) is 9.78 Å². The van der Waals surface area contributed by atoms with Crippen LogP contribution in [0.3, 0.4) is 0 Å². The molecule has 114 valence electrons. The molecule has 1 aliphatic rings. The van der Waals surface area contributed by atoms with Crippen molar-refractivity contribution in [1.82, 2.24) is 15.6 Å². The first-order valence-electron chi connectivity index (χ1n) is 7.12. The van der Waals surface area contributed by atoms with Gasteiger partial charge in [0.2, 0.25) is 0 Å². The Labute approximate surface area is 122 Å². The lowest BCUT2D eigenvalue weighted by Gasteiger charge is -2.11. The molecule has 2 heterocycles. The Hall–Kier alpha value is -1.46. The van der Waals surface area contributed by atoms with Gasteiger partial charge in [0.05, 0.1) is 6.10 Å². The Morgan fingerprint density at radius 1 is 1.10 bits per heavy atom. The van der Waals surface area contributed by atoms with E-state index < -0.39 is 0 Å². The van der Waals surface area contributed by atoms with Crippen LogP contribution in [0.5, 0.6) is 0 Å². The smallest absolute Gasteiger partial charge is 0.305 e. The van der Waals surface area contributed by atoms with Gasteiger partial charge in [0.15, 0.2) is 0 Å². The molecule has 1 aliphatic heterocycles. The van der Waals surface area contributed by atoms with Crippen molar-refractivity contribution >= 4 is 5.97 Å². The van der Waals surface area contributed by atoms with Crippen molar-refractivity contribution in [2.75, 3.05) is 26.2 Å². The van der Waals surface area contributed by atoms with Crippen molar-refractivity contribution in [3.63, 3.8) is 0 Å². The van der Waals surface area contributed by atoms with Crippen LogP contribution >= 0.6 is 0 Å². The Morgan fingerprint density at radius 2 is 1.60 bits per heavy atom. The molecule has 2 N–H and O–H groups in total. The monoisotopic (exact) mass is 281 g/mol. The number of nitrogens with zero attached hydrogens (tertiary/aromatic N) is 1. The third-order valence-corrected chi connectivity index (χ3v) is 2.18. The number of hydrogen-bond donors (Lipinski definition) is 2. The minimum absolute atomic E-state index is 0.0300. The van der Waals surface area contributed by atoms with Crippen molar-refractivity contribution < 1.29 is 9.53 Å². The summed E-state index contributed by atoms with van der Waals surface area (Å²) in [5.41, 5.74) is 0. The Kier molecular flexibility index (Phi) is 12.9. The van der Waals surface area contributed by atoms with E-state index in [9.17, 15) is 4.79 Å². The van der Waals surface area contributed by atoms with Crippen LogP contribution in [-0.4, -0.2) is 43.2 Å². The molecular weight excluding hydrogens is 254 g/mol. The van der Waals surface area contributed by atoms with Gasteiger partial charge in [-0.15, -0.1) is 0 Å². The summed E-state index contributed by atoms with van der Waals surface area (Å²) in [6.07, 6.45) is 4.00. The molecule has 1 aromatic heterocycles. The molecule has 1 fully saturated rings. The third kappa shape index (κ3) is 14.6. The van der Waals surface area contributed by atoms with E-state index in [1.807, 2.05) is 32.0 Å². The molecule has 5 nitrogen and oxygen atoms in total. The zero-order valence-corrected chi connectivity index (χ0v) is 12.8. The van der Waals surface area contributed by atoms with Crippen LogP contribution in [0.4, 0.5) is 0 Å². The summed E-state index contributed by atoms with van der Waals surface area (Å²) in [6.45, 7) is 10.0. The first kappa shape index (κ1) is 18.5. The third-order valence-electron chi connectivity index (χ3n) is 2.18. The highest BCUT2D eigenvalue weighted by molar-refractivity contribution is 5.68. The van der Waals surface area contributed by atoms with E-state index in [1.165, 1.54) is 0 Å². The number of esters is 1. The van der Waals surface area contributed by atoms with E-state index in [-0.39, 0.29) is 12.1 Å². The average Bonchev–Trinajstić information content (AvgIpc) is 2.51. The fourth-order valence-corrected chi connectivity index (χ4v) is 1.26. The number of pyridine rings is 1. The largest absolute Gasteiger partial charge is 0.463 e. The summed E-state index contributed by atoms with van der Waals surface area (Å²) < 4.78 is 4.76.